The van der Waals surface area contributed by atoms with E-state index in [1.54, 1.807) is 0 Å². The molecule has 0 nitrogen and oxygen atoms in total. The third-order valence-electron chi connectivity index (χ3n) is 1.69. The monoisotopic (exact) mass is 598 g/mol. The average molecular weight is 593 g/mol. The first-order valence-corrected chi connectivity index (χ1v) is 13.9. The fraction of sp³-hybridized carbons (Fsp3) is 1.00. The topological polar surface area (TPSA) is 0 Å². The molecule has 0 aliphatic carbocycles. The molecule has 0 fully saturated rings. The fourth-order valence-corrected chi connectivity index (χ4v) is 10.4. The summed E-state index contributed by atoms with van der Waals surface area (Å²) in [6.45, 7) is 0. The molecule has 0 spiro atoms. The maximum absolute atomic E-state index is 12.7. The number of hydrogen-bond donors (Lipinski definition) is 0. The summed E-state index contributed by atoms with van der Waals surface area (Å²) < 4.78 is 158. The van der Waals surface area contributed by atoms with Gasteiger partial charge in [-0.15, -0.1) is 0 Å². The zero-order valence-electron chi connectivity index (χ0n) is 9.11. The number of hydrogen-bond acceptors (Lipinski definition) is 0. The molecular formula is C6F14Te2. The van der Waals surface area contributed by atoms with Gasteiger partial charge >= 0.3 is 128 Å². The van der Waals surface area contributed by atoms with Crippen molar-refractivity contribution in [1.82, 2.24) is 0 Å². The molecule has 0 saturated carbocycles. The van der Waals surface area contributed by atoms with Gasteiger partial charge in [-0.3, -0.25) is 0 Å². The first kappa shape index (κ1) is 22.6. The van der Waals surface area contributed by atoms with Gasteiger partial charge < -0.3 is 0 Å². The Labute approximate surface area is 127 Å². The van der Waals surface area contributed by atoms with Gasteiger partial charge in [0.2, 0.25) is 0 Å². The minimum atomic E-state index is -6.87. The van der Waals surface area contributed by atoms with Crippen molar-refractivity contribution in [3.8, 4) is 0 Å². The summed E-state index contributed by atoms with van der Waals surface area (Å²) in [5.41, 5.74) is 0. The first-order valence-electron chi connectivity index (χ1n) is 4.22. The standard InChI is InChI=1S/C6F14Te2/c7-1(8,3(11,12)13)5(17,18)21-22-6(19,20)2(9,10)4(14,15)16. The molecule has 0 aromatic rings. The molecular weight excluding hydrogens is 593 g/mol. The van der Waals surface area contributed by atoms with Crippen molar-refractivity contribution in [2.24, 2.45) is 0 Å². The van der Waals surface area contributed by atoms with Gasteiger partial charge in [0.1, 0.15) is 0 Å². The molecule has 0 radical (unpaired) electrons. The quantitative estimate of drug-likeness (QED) is 0.336. The predicted molar refractivity (Wildman–Crippen MR) is 43.4 cm³/mol. The fourth-order valence-electron chi connectivity index (χ4n) is 0.539. The van der Waals surface area contributed by atoms with Gasteiger partial charge in [-0.1, -0.05) is 0 Å². The molecule has 0 heterocycles. The Morgan fingerprint density at radius 1 is 0.364 bits per heavy atom. The zero-order chi connectivity index (χ0) is 18.4. The van der Waals surface area contributed by atoms with Gasteiger partial charge in [-0.05, 0) is 0 Å². The van der Waals surface area contributed by atoms with Crippen LogP contribution in [0.2, 0.25) is 0 Å². The molecule has 134 valence electrons. The van der Waals surface area contributed by atoms with E-state index in [-0.39, 0.29) is 0 Å². The zero-order valence-corrected chi connectivity index (χ0v) is 13.8. The summed E-state index contributed by atoms with van der Waals surface area (Å²) in [6.07, 6.45) is -13.7. The van der Waals surface area contributed by atoms with Crippen LogP contribution in [-0.4, -0.2) is 66.3 Å². The Hall–Kier alpha value is 0.599. The molecule has 0 aliphatic heterocycles. The van der Waals surface area contributed by atoms with Gasteiger partial charge in [0, 0.05) is 0 Å². The first-order chi connectivity index (χ1) is 9.21. The van der Waals surface area contributed by atoms with Gasteiger partial charge in [-0.2, -0.15) is 0 Å². The van der Waals surface area contributed by atoms with Crippen LogP contribution in [-0.2, 0) is 0 Å². The average Bonchev–Trinajstić information content (AvgIpc) is 2.23. The molecule has 22 heavy (non-hydrogen) atoms. The van der Waals surface area contributed by atoms with E-state index in [0.717, 1.165) is 0 Å². The predicted octanol–water partition coefficient (Wildman–Crippen LogP) is 3.89. The summed E-state index contributed by atoms with van der Waals surface area (Å²) in [5.74, 6) is -13.6. The third-order valence-corrected chi connectivity index (χ3v) is 14.2. The molecule has 0 aromatic carbocycles. The van der Waals surface area contributed by atoms with E-state index >= 15 is 0 Å². The van der Waals surface area contributed by atoms with E-state index < -0.39 is 66.3 Å². The van der Waals surface area contributed by atoms with Crippen molar-refractivity contribution in [2.75, 3.05) is 0 Å². The Morgan fingerprint density at radius 2 is 0.545 bits per heavy atom. The van der Waals surface area contributed by atoms with Crippen LogP contribution in [0, 0.1) is 0 Å². The second-order valence-electron chi connectivity index (χ2n) is 3.34. The number of rotatable bonds is 5. The Bertz CT molecular complexity index is 353. The van der Waals surface area contributed by atoms with Crippen molar-refractivity contribution in [3.63, 3.8) is 0 Å². The van der Waals surface area contributed by atoms with Crippen LogP contribution in [0.15, 0.2) is 0 Å². The molecule has 0 N–H and O–H groups in total. The Balaban J connectivity index is 5.31. The van der Waals surface area contributed by atoms with E-state index in [1.165, 1.54) is 0 Å². The number of alkyl halides is 14. The van der Waals surface area contributed by atoms with Crippen molar-refractivity contribution in [2.45, 2.75) is 32.1 Å². The summed E-state index contributed by atoms with van der Waals surface area (Å²) in [5, 5.41) is 0. The van der Waals surface area contributed by atoms with Crippen molar-refractivity contribution < 1.29 is 61.5 Å². The van der Waals surface area contributed by atoms with E-state index in [0.29, 0.717) is 0 Å². The molecule has 16 heteroatoms. The molecule has 0 amide bonds. The van der Waals surface area contributed by atoms with Gasteiger partial charge in [0.25, 0.3) is 0 Å². The van der Waals surface area contributed by atoms with Crippen LogP contribution >= 0.6 is 0 Å². The maximum atomic E-state index is 12.7. The summed E-state index contributed by atoms with van der Waals surface area (Å²) >= 11 is -8.99. The van der Waals surface area contributed by atoms with Crippen LogP contribution in [0.5, 0.6) is 0 Å². The second kappa shape index (κ2) is 6.15. The van der Waals surface area contributed by atoms with Crippen molar-refractivity contribution in [1.29, 1.82) is 0 Å². The molecule has 0 rings (SSSR count). The SMILES string of the molecule is FC(F)(F)C(F)(F)C(F)(F)[Te][Te]C(F)(F)C(F)(F)C(F)(F)F. The third kappa shape index (κ3) is 4.16. The van der Waals surface area contributed by atoms with Gasteiger partial charge in [-0.25, -0.2) is 0 Å². The molecule has 0 aromatic heterocycles. The van der Waals surface area contributed by atoms with E-state index in [2.05, 4.69) is 0 Å². The van der Waals surface area contributed by atoms with Crippen LogP contribution in [0.25, 0.3) is 0 Å². The molecule has 0 aliphatic rings. The summed E-state index contributed by atoms with van der Waals surface area (Å²) in [4.78, 5) is 0. The van der Waals surface area contributed by atoms with Crippen molar-refractivity contribution in [3.05, 3.63) is 0 Å². The van der Waals surface area contributed by atoms with Crippen LogP contribution in [0.1, 0.15) is 0 Å². The van der Waals surface area contributed by atoms with E-state index in [4.69, 9.17) is 0 Å². The summed E-state index contributed by atoms with van der Waals surface area (Å²) in [7, 11) is 0. The van der Waals surface area contributed by atoms with Crippen molar-refractivity contribution >= 4 is 34.1 Å². The Kier molecular flexibility index (Phi) is 6.32. The van der Waals surface area contributed by atoms with Crippen LogP contribution < -0.4 is 0 Å². The molecule has 0 atom stereocenters. The summed E-state index contributed by atoms with van der Waals surface area (Å²) in [6, 6.07) is 0. The van der Waals surface area contributed by atoms with E-state index in [1.807, 2.05) is 0 Å². The van der Waals surface area contributed by atoms with Crippen LogP contribution in [0.3, 0.4) is 0 Å². The molecule has 0 unspecified atom stereocenters. The Morgan fingerprint density at radius 3 is 0.682 bits per heavy atom. The second-order valence-corrected chi connectivity index (χ2v) is 13.6. The van der Waals surface area contributed by atoms with Crippen LogP contribution in [0.4, 0.5) is 61.5 Å². The van der Waals surface area contributed by atoms with Gasteiger partial charge in [0.15, 0.2) is 0 Å². The minimum absolute atomic E-state index is 4.50. The molecule has 0 saturated heterocycles. The number of halogens is 14. The normalized spacial score (nSPS) is 16.1. The van der Waals surface area contributed by atoms with E-state index in [9.17, 15) is 61.5 Å². The molecule has 0 bridgehead atoms. The van der Waals surface area contributed by atoms with Gasteiger partial charge in [0.05, 0.1) is 0 Å².